The van der Waals surface area contributed by atoms with Gasteiger partial charge in [0.2, 0.25) is 0 Å². The first-order chi connectivity index (χ1) is 11.1. The standard InChI is InChI=1S/C17H13BrN2O2S/c1-11(21)22-13-8-6-12(7-9-13)16-10-23-17(20-16)19-15-5-3-2-4-14(15)18/h2-10H,1H3,(H,19,20). The molecule has 3 aromatic rings. The second-order valence-electron chi connectivity index (χ2n) is 4.76. The summed E-state index contributed by atoms with van der Waals surface area (Å²) in [7, 11) is 0. The predicted octanol–water partition coefficient (Wildman–Crippen LogP) is 5.24. The fourth-order valence-electron chi connectivity index (χ4n) is 2.00. The largest absolute Gasteiger partial charge is 0.427 e. The Morgan fingerprint density at radius 1 is 1.17 bits per heavy atom. The number of hydrogen-bond acceptors (Lipinski definition) is 5. The van der Waals surface area contributed by atoms with E-state index in [0.717, 1.165) is 26.5 Å². The van der Waals surface area contributed by atoms with E-state index in [1.165, 1.54) is 18.3 Å². The zero-order chi connectivity index (χ0) is 16.2. The second-order valence-corrected chi connectivity index (χ2v) is 6.47. The van der Waals surface area contributed by atoms with Gasteiger partial charge in [0.1, 0.15) is 5.75 Å². The van der Waals surface area contributed by atoms with Crippen molar-refractivity contribution in [2.24, 2.45) is 0 Å². The molecule has 0 radical (unpaired) electrons. The van der Waals surface area contributed by atoms with E-state index < -0.39 is 0 Å². The van der Waals surface area contributed by atoms with Gasteiger partial charge in [0, 0.05) is 22.3 Å². The molecule has 0 saturated carbocycles. The molecule has 23 heavy (non-hydrogen) atoms. The minimum atomic E-state index is -0.327. The van der Waals surface area contributed by atoms with Crippen LogP contribution in [0.1, 0.15) is 6.92 Å². The number of carbonyl (C=O) groups is 1. The molecule has 1 heterocycles. The van der Waals surface area contributed by atoms with Crippen molar-refractivity contribution in [1.29, 1.82) is 0 Å². The van der Waals surface area contributed by atoms with Crippen molar-refractivity contribution >= 4 is 44.1 Å². The summed E-state index contributed by atoms with van der Waals surface area (Å²) in [6.07, 6.45) is 0. The van der Waals surface area contributed by atoms with Gasteiger partial charge < -0.3 is 10.1 Å². The van der Waals surface area contributed by atoms with E-state index in [1.807, 2.05) is 41.8 Å². The number of aromatic nitrogens is 1. The Bertz CT molecular complexity index is 831. The Morgan fingerprint density at radius 3 is 2.61 bits per heavy atom. The summed E-state index contributed by atoms with van der Waals surface area (Å²) in [4.78, 5) is 15.5. The summed E-state index contributed by atoms with van der Waals surface area (Å²) in [6, 6.07) is 15.2. The molecule has 0 atom stereocenters. The minimum Gasteiger partial charge on any atom is -0.427 e. The van der Waals surface area contributed by atoms with Crippen molar-refractivity contribution in [2.75, 3.05) is 5.32 Å². The Morgan fingerprint density at radius 2 is 1.91 bits per heavy atom. The third-order valence-electron chi connectivity index (χ3n) is 3.03. The number of esters is 1. The zero-order valence-electron chi connectivity index (χ0n) is 12.2. The van der Waals surface area contributed by atoms with Crippen LogP contribution in [0.4, 0.5) is 10.8 Å². The van der Waals surface area contributed by atoms with Crippen LogP contribution in [0.2, 0.25) is 0 Å². The van der Waals surface area contributed by atoms with Crippen LogP contribution < -0.4 is 10.1 Å². The van der Waals surface area contributed by atoms with Crippen LogP contribution in [0.3, 0.4) is 0 Å². The number of halogens is 1. The van der Waals surface area contributed by atoms with Gasteiger partial charge in [0.05, 0.1) is 11.4 Å². The molecule has 1 aromatic heterocycles. The average molecular weight is 389 g/mol. The van der Waals surface area contributed by atoms with E-state index >= 15 is 0 Å². The first-order valence-corrected chi connectivity index (χ1v) is 8.55. The number of para-hydroxylation sites is 1. The summed E-state index contributed by atoms with van der Waals surface area (Å²) in [5.74, 6) is 0.203. The molecule has 3 rings (SSSR count). The van der Waals surface area contributed by atoms with E-state index in [2.05, 4.69) is 26.2 Å². The maximum atomic E-state index is 10.9. The Labute approximate surface area is 146 Å². The topological polar surface area (TPSA) is 51.2 Å². The number of anilines is 2. The predicted molar refractivity (Wildman–Crippen MR) is 96.3 cm³/mol. The zero-order valence-corrected chi connectivity index (χ0v) is 14.6. The lowest BCUT2D eigenvalue weighted by atomic mass is 10.2. The van der Waals surface area contributed by atoms with E-state index in [9.17, 15) is 4.79 Å². The number of nitrogens with zero attached hydrogens (tertiary/aromatic N) is 1. The summed E-state index contributed by atoms with van der Waals surface area (Å²) < 4.78 is 6.02. The molecule has 0 saturated heterocycles. The molecule has 0 aliphatic rings. The first-order valence-electron chi connectivity index (χ1n) is 6.88. The molecular weight excluding hydrogens is 376 g/mol. The summed E-state index contributed by atoms with van der Waals surface area (Å²) in [5.41, 5.74) is 2.81. The lowest BCUT2D eigenvalue weighted by Crippen LogP contribution is -2.00. The molecule has 4 nitrogen and oxygen atoms in total. The second kappa shape index (κ2) is 6.93. The van der Waals surface area contributed by atoms with Crippen LogP contribution in [-0.4, -0.2) is 11.0 Å². The van der Waals surface area contributed by atoms with Crippen LogP contribution in [0, 0.1) is 0 Å². The van der Waals surface area contributed by atoms with Crippen molar-refractivity contribution in [3.8, 4) is 17.0 Å². The highest BCUT2D eigenvalue weighted by atomic mass is 79.9. The molecule has 0 aliphatic heterocycles. The van der Waals surface area contributed by atoms with Gasteiger partial charge in [-0.15, -0.1) is 11.3 Å². The van der Waals surface area contributed by atoms with Gasteiger partial charge in [-0.05, 0) is 52.3 Å². The van der Waals surface area contributed by atoms with E-state index in [-0.39, 0.29) is 5.97 Å². The van der Waals surface area contributed by atoms with Gasteiger partial charge in [-0.1, -0.05) is 12.1 Å². The maximum absolute atomic E-state index is 10.9. The Hall–Kier alpha value is -2.18. The average Bonchev–Trinajstić information content (AvgIpc) is 2.98. The van der Waals surface area contributed by atoms with E-state index in [4.69, 9.17) is 4.74 Å². The monoisotopic (exact) mass is 388 g/mol. The summed E-state index contributed by atoms with van der Waals surface area (Å²) in [5, 5.41) is 6.09. The van der Waals surface area contributed by atoms with Gasteiger partial charge in [-0.2, -0.15) is 0 Å². The van der Waals surface area contributed by atoms with Gasteiger partial charge in [-0.3, -0.25) is 4.79 Å². The van der Waals surface area contributed by atoms with Crippen LogP contribution in [-0.2, 0) is 4.79 Å². The normalized spacial score (nSPS) is 10.3. The quantitative estimate of drug-likeness (QED) is 0.490. The molecule has 0 spiro atoms. The number of thiazole rings is 1. The van der Waals surface area contributed by atoms with Crippen LogP contribution >= 0.6 is 27.3 Å². The minimum absolute atomic E-state index is 0.327. The SMILES string of the molecule is CC(=O)Oc1ccc(-c2csc(Nc3ccccc3Br)n2)cc1. The van der Waals surface area contributed by atoms with Crippen molar-refractivity contribution in [3.63, 3.8) is 0 Å². The van der Waals surface area contributed by atoms with Crippen molar-refractivity contribution in [2.45, 2.75) is 6.92 Å². The highest BCUT2D eigenvalue weighted by Gasteiger charge is 2.07. The molecule has 1 N–H and O–H groups in total. The highest BCUT2D eigenvalue weighted by Crippen LogP contribution is 2.30. The van der Waals surface area contributed by atoms with Gasteiger partial charge in [0.25, 0.3) is 0 Å². The molecule has 0 fully saturated rings. The lowest BCUT2D eigenvalue weighted by molar-refractivity contribution is -0.131. The third-order valence-corrected chi connectivity index (χ3v) is 4.48. The highest BCUT2D eigenvalue weighted by molar-refractivity contribution is 9.10. The fraction of sp³-hybridized carbons (Fsp3) is 0.0588. The summed E-state index contributed by atoms with van der Waals surface area (Å²) >= 11 is 5.04. The molecule has 0 unspecified atom stereocenters. The van der Waals surface area contributed by atoms with Gasteiger partial charge in [-0.25, -0.2) is 4.98 Å². The number of ether oxygens (including phenoxy) is 1. The molecular formula is C17H13BrN2O2S. The van der Waals surface area contributed by atoms with Crippen molar-refractivity contribution in [3.05, 3.63) is 58.4 Å². The molecule has 2 aromatic carbocycles. The van der Waals surface area contributed by atoms with Crippen LogP contribution in [0.25, 0.3) is 11.3 Å². The molecule has 0 bridgehead atoms. The van der Waals surface area contributed by atoms with E-state index in [1.54, 1.807) is 12.1 Å². The number of hydrogen-bond donors (Lipinski definition) is 1. The Kier molecular flexibility index (Phi) is 4.73. The number of nitrogens with one attached hydrogen (secondary N) is 1. The van der Waals surface area contributed by atoms with Crippen LogP contribution in [0.5, 0.6) is 5.75 Å². The maximum Gasteiger partial charge on any atom is 0.308 e. The van der Waals surface area contributed by atoms with E-state index in [0.29, 0.717) is 5.75 Å². The van der Waals surface area contributed by atoms with Crippen molar-refractivity contribution in [1.82, 2.24) is 4.98 Å². The Balaban J connectivity index is 1.76. The number of carbonyl (C=O) groups excluding carboxylic acids is 1. The number of rotatable bonds is 4. The molecule has 0 aliphatic carbocycles. The van der Waals surface area contributed by atoms with Gasteiger partial charge in [0.15, 0.2) is 5.13 Å². The van der Waals surface area contributed by atoms with Crippen LogP contribution in [0.15, 0.2) is 58.4 Å². The first kappa shape index (κ1) is 15.7. The third kappa shape index (κ3) is 3.97. The van der Waals surface area contributed by atoms with Gasteiger partial charge >= 0.3 is 5.97 Å². The molecule has 0 amide bonds. The fourth-order valence-corrected chi connectivity index (χ4v) is 3.12. The smallest absolute Gasteiger partial charge is 0.308 e. The molecule has 116 valence electrons. The number of benzene rings is 2. The van der Waals surface area contributed by atoms with Crippen molar-refractivity contribution < 1.29 is 9.53 Å². The lowest BCUT2D eigenvalue weighted by Gasteiger charge is -2.04. The molecule has 6 heteroatoms. The summed E-state index contributed by atoms with van der Waals surface area (Å²) in [6.45, 7) is 1.38.